The molecule has 0 aliphatic heterocycles. The lowest BCUT2D eigenvalue weighted by atomic mass is 10.1. The Morgan fingerprint density at radius 1 is 1.24 bits per heavy atom. The van der Waals surface area contributed by atoms with Gasteiger partial charge in [-0.15, -0.1) is 0 Å². The number of carbonyl (C=O) groups is 1. The van der Waals surface area contributed by atoms with E-state index in [9.17, 15) is 4.79 Å². The number of nitrogen functional groups attached to an aromatic ring is 1. The van der Waals surface area contributed by atoms with Crippen LogP contribution in [0.4, 0.5) is 5.69 Å². The average molecular weight is 344 g/mol. The minimum absolute atomic E-state index is 0.123. The predicted octanol–water partition coefficient (Wildman–Crippen LogP) is 3.44. The molecule has 0 unspecified atom stereocenters. The Bertz CT molecular complexity index is 810. The van der Waals surface area contributed by atoms with Gasteiger partial charge in [-0.05, 0) is 29.8 Å². The van der Waals surface area contributed by atoms with Crippen molar-refractivity contribution in [3.63, 3.8) is 0 Å². The van der Waals surface area contributed by atoms with Crippen LogP contribution in [0.15, 0.2) is 53.1 Å². The molecule has 0 radical (unpaired) electrons. The molecule has 0 saturated heterocycles. The number of H-pyrrole nitrogens is 1. The number of benzene rings is 2. The minimum Gasteiger partial charge on any atom is -0.399 e. The van der Waals surface area contributed by atoms with Gasteiger partial charge in [0.25, 0.3) is 5.91 Å². The minimum atomic E-state index is -0.123. The molecule has 0 spiro atoms. The van der Waals surface area contributed by atoms with Gasteiger partial charge in [-0.2, -0.15) is 0 Å². The fraction of sp³-hybridized carbons (Fsp3) is 0.0625. The van der Waals surface area contributed by atoms with E-state index in [4.69, 9.17) is 5.73 Å². The standard InChI is InChI=1S/C16H14BrN3O/c17-14-4-2-1-3-10(14)8-20-16(21)13-9-19-15-6-5-11(18)7-12(13)15/h1-7,9,19H,8,18H2,(H,20,21). The number of rotatable bonds is 3. The summed E-state index contributed by atoms with van der Waals surface area (Å²) in [6, 6.07) is 13.3. The fourth-order valence-corrected chi connectivity index (χ4v) is 2.66. The van der Waals surface area contributed by atoms with Crippen molar-refractivity contribution in [3.05, 3.63) is 64.3 Å². The molecule has 1 aromatic heterocycles. The molecule has 4 nitrogen and oxygen atoms in total. The topological polar surface area (TPSA) is 70.9 Å². The number of aromatic nitrogens is 1. The van der Waals surface area contributed by atoms with Gasteiger partial charge in [0, 0.05) is 33.8 Å². The lowest BCUT2D eigenvalue weighted by Crippen LogP contribution is -2.22. The van der Waals surface area contributed by atoms with Crippen LogP contribution in [0.5, 0.6) is 0 Å². The monoisotopic (exact) mass is 343 g/mol. The molecule has 21 heavy (non-hydrogen) atoms. The highest BCUT2D eigenvalue weighted by Crippen LogP contribution is 2.21. The van der Waals surface area contributed by atoms with Crippen molar-refractivity contribution in [1.29, 1.82) is 0 Å². The zero-order valence-electron chi connectivity index (χ0n) is 11.2. The van der Waals surface area contributed by atoms with E-state index in [2.05, 4.69) is 26.2 Å². The summed E-state index contributed by atoms with van der Waals surface area (Å²) in [6.07, 6.45) is 1.71. The van der Waals surface area contributed by atoms with Crippen LogP contribution >= 0.6 is 15.9 Å². The van der Waals surface area contributed by atoms with Crippen LogP contribution in [-0.4, -0.2) is 10.9 Å². The molecule has 0 saturated carbocycles. The van der Waals surface area contributed by atoms with Gasteiger partial charge in [-0.3, -0.25) is 4.79 Å². The number of amides is 1. The van der Waals surface area contributed by atoms with E-state index >= 15 is 0 Å². The molecular weight excluding hydrogens is 330 g/mol. The molecular formula is C16H14BrN3O. The van der Waals surface area contributed by atoms with Gasteiger partial charge in [-0.25, -0.2) is 0 Å². The number of nitrogens with one attached hydrogen (secondary N) is 2. The normalized spacial score (nSPS) is 10.7. The van der Waals surface area contributed by atoms with Gasteiger partial charge in [-0.1, -0.05) is 34.1 Å². The second-order valence-corrected chi connectivity index (χ2v) is 5.64. The Labute approximate surface area is 130 Å². The second-order valence-electron chi connectivity index (χ2n) is 4.78. The smallest absolute Gasteiger partial charge is 0.253 e. The highest BCUT2D eigenvalue weighted by molar-refractivity contribution is 9.10. The van der Waals surface area contributed by atoms with Crippen LogP contribution in [0.1, 0.15) is 15.9 Å². The fourth-order valence-electron chi connectivity index (χ4n) is 2.24. The van der Waals surface area contributed by atoms with Gasteiger partial charge in [0.05, 0.1) is 5.56 Å². The molecule has 3 aromatic rings. The summed E-state index contributed by atoms with van der Waals surface area (Å²) < 4.78 is 0.980. The molecule has 1 amide bonds. The molecule has 0 bridgehead atoms. The molecule has 1 heterocycles. The third-order valence-corrected chi connectivity index (χ3v) is 4.12. The molecule has 0 atom stereocenters. The number of carbonyl (C=O) groups excluding carboxylic acids is 1. The molecule has 0 aliphatic rings. The van der Waals surface area contributed by atoms with E-state index in [0.29, 0.717) is 17.8 Å². The van der Waals surface area contributed by atoms with Crippen molar-refractivity contribution in [1.82, 2.24) is 10.3 Å². The summed E-state index contributed by atoms with van der Waals surface area (Å²) in [7, 11) is 0. The molecule has 5 heteroatoms. The molecule has 106 valence electrons. The van der Waals surface area contributed by atoms with Gasteiger partial charge in [0.2, 0.25) is 0 Å². The third kappa shape index (κ3) is 2.78. The second kappa shape index (κ2) is 5.61. The summed E-state index contributed by atoms with van der Waals surface area (Å²) >= 11 is 3.47. The first kappa shape index (κ1) is 13.7. The maximum atomic E-state index is 12.3. The van der Waals surface area contributed by atoms with Crippen molar-refractivity contribution in [2.24, 2.45) is 0 Å². The Morgan fingerprint density at radius 2 is 2.05 bits per heavy atom. The van der Waals surface area contributed by atoms with Crippen molar-refractivity contribution < 1.29 is 4.79 Å². The van der Waals surface area contributed by atoms with E-state index in [0.717, 1.165) is 20.9 Å². The summed E-state index contributed by atoms with van der Waals surface area (Å²) in [4.78, 5) is 15.4. The van der Waals surface area contributed by atoms with Crippen LogP contribution in [0.2, 0.25) is 0 Å². The van der Waals surface area contributed by atoms with Crippen molar-refractivity contribution >= 4 is 38.4 Å². The quantitative estimate of drug-likeness (QED) is 0.637. The predicted molar refractivity (Wildman–Crippen MR) is 88.0 cm³/mol. The Morgan fingerprint density at radius 3 is 2.86 bits per heavy atom. The molecule has 2 aromatic carbocycles. The molecule has 3 rings (SSSR count). The summed E-state index contributed by atoms with van der Waals surface area (Å²) in [5.41, 5.74) is 8.96. The van der Waals surface area contributed by atoms with Crippen molar-refractivity contribution in [2.45, 2.75) is 6.54 Å². The number of hydrogen-bond donors (Lipinski definition) is 3. The van der Waals surface area contributed by atoms with Gasteiger partial charge < -0.3 is 16.0 Å². The van der Waals surface area contributed by atoms with E-state index in [1.807, 2.05) is 36.4 Å². The van der Waals surface area contributed by atoms with Crippen molar-refractivity contribution in [3.8, 4) is 0 Å². The number of hydrogen-bond acceptors (Lipinski definition) is 2. The highest BCUT2D eigenvalue weighted by atomic mass is 79.9. The first-order valence-electron chi connectivity index (χ1n) is 6.53. The Balaban J connectivity index is 1.81. The number of nitrogens with two attached hydrogens (primary N) is 1. The van der Waals surface area contributed by atoms with E-state index in [-0.39, 0.29) is 5.91 Å². The van der Waals surface area contributed by atoms with E-state index < -0.39 is 0 Å². The van der Waals surface area contributed by atoms with Gasteiger partial charge in [0.15, 0.2) is 0 Å². The number of halogens is 1. The van der Waals surface area contributed by atoms with E-state index in [1.54, 1.807) is 12.3 Å². The molecule has 0 fully saturated rings. The summed E-state index contributed by atoms with van der Waals surface area (Å²) in [6.45, 7) is 0.468. The van der Waals surface area contributed by atoms with Crippen LogP contribution in [0.25, 0.3) is 10.9 Å². The third-order valence-electron chi connectivity index (χ3n) is 3.35. The lowest BCUT2D eigenvalue weighted by molar-refractivity contribution is 0.0952. The number of fused-ring (bicyclic) bond motifs is 1. The highest BCUT2D eigenvalue weighted by Gasteiger charge is 2.12. The van der Waals surface area contributed by atoms with Crippen LogP contribution in [-0.2, 0) is 6.54 Å². The number of anilines is 1. The van der Waals surface area contributed by atoms with Gasteiger partial charge >= 0.3 is 0 Å². The summed E-state index contributed by atoms with van der Waals surface area (Å²) in [5, 5.41) is 3.76. The number of aromatic amines is 1. The van der Waals surface area contributed by atoms with Crippen LogP contribution in [0, 0.1) is 0 Å². The molecule has 0 aliphatic carbocycles. The lowest BCUT2D eigenvalue weighted by Gasteiger charge is -2.06. The first-order chi connectivity index (χ1) is 10.1. The average Bonchev–Trinajstić information content (AvgIpc) is 2.89. The Kier molecular flexibility index (Phi) is 3.66. The van der Waals surface area contributed by atoms with Crippen LogP contribution < -0.4 is 11.1 Å². The summed E-state index contributed by atoms with van der Waals surface area (Å²) in [5.74, 6) is -0.123. The Hall–Kier alpha value is -2.27. The van der Waals surface area contributed by atoms with Crippen LogP contribution in [0.3, 0.4) is 0 Å². The maximum absolute atomic E-state index is 12.3. The maximum Gasteiger partial charge on any atom is 0.253 e. The van der Waals surface area contributed by atoms with E-state index in [1.165, 1.54) is 0 Å². The molecule has 4 N–H and O–H groups in total. The van der Waals surface area contributed by atoms with Gasteiger partial charge in [0.1, 0.15) is 0 Å². The van der Waals surface area contributed by atoms with Crippen molar-refractivity contribution in [2.75, 3.05) is 5.73 Å². The zero-order valence-corrected chi connectivity index (χ0v) is 12.8. The SMILES string of the molecule is Nc1ccc2[nH]cc(C(=O)NCc3ccccc3Br)c2c1. The zero-order chi connectivity index (χ0) is 14.8. The first-order valence-corrected chi connectivity index (χ1v) is 7.32. The largest absolute Gasteiger partial charge is 0.399 e.